The van der Waals surface area contributed by atoms with Gasteiger partial charge in [-0.1, -0.05) is 29.8 Å². The number of hydrogen-bond donors (Lipinski definition) is 0. The standard InChI is InChI=1S/C21H20ClN3O3/c22-16-5-3-4-15(14-16)19(26)24-11-8-23(9-12-24)10-13-25-20(27)17-6-1-2-7-18(17)21(25)28/h1-7,14H,8-13H2. The van der Waals surface area contributed by atoms with Crippen LogP contribution in [0.15, 0.2) is 48.5 Å². The van der Waals surface area contributed by atoms with Gasteiger partial charge in [0.25, 0.3) is 17.7 Å². The van der Waals surface area contributed by atoms with Crippen LogP contribution in [0.1, 0.15) is 31.1 Å². The van der Waals surface area contributed by atoms with Crippen LogP contribution < -0.4 is 0 Å². The van der Waals surface area contributed by atoms with Crippen molar-refractivity contribution in [1.29, 1.82) is 0 Å². The summed E-state index contributed by atoms with van der Waals surface area (Å²) in [5.41, 5.74) is 1.54. The molecular weight excluding hydrogens is 378 g/mol. The number of halogens is 1. The van der Waals surface area contributed by atoms with Crippen molar-refractivity contribution >= 4 is 29.3 Å². The molecule has 0 unspecified atom stereocenters. The van der Waals surface area contributed by atoms with Gasteiger partial charge in [0.15, 0.2) is 0 Å². The molecule has 0 bridgehead atoms. The van der Waals surface area contributed by atoms with Crippen LogP contribution in [0.5, 0.6) is 0 Å². The van der Waals surface area contributed by atoms with E-state index in [9.17, 15) is 14.4 Å². The van der Waals surface area contributed by atoms with E-state index in [0.717, 1.165) is 0 Å². The van der Waals surface area contributed by atoms with Gasteiger partial charge >= 0.3 is 0 Å². The maximum absolute atomic E-state index is 12.6. The first kappa shape index (κ1) is 18.7. The molecule has 2 aromatic carbocycles. The van der Waals surface area contributed by atoms with Crippen molar-refractivity contribution < 1.29 is 14.4 Å². The molecule has 0 N–H and O–H groups in total. The Labute approximate surface area is 168 Å². The van der Waals surface area contributed by atoms with Gasteiger partial charge in [0.1, 0.15) is 0 Å². The van der Waals surface area contributed by atoms with Gasteiger partial charge < -0.3 is 4.90 Å². The molecule has 0 aromatic heterocycles. The summed E-state index contributed by atoms with van der Waals surface area (Å²) < 4.78 is 0. The van der Waals surface area contributed by atoms with E-state index in [0.29, 0.717) is 61.0 Å². The number of rotatable bonds is 4. The van der Waals surface area contributed by atoms with Gasteiger partial charge in [0.2, 0.25) is 0 Å². The molecule has 2 aromatic rings. The fraction of sp³-hybridized carbons (Fsp3) is 0.286. The zero-order chi connectivity index (χ0) is 19.7. The van der Waals surface area contributed by atoms with Crippen LogP contribution in [0.25, 0.3) is 0 Å². The molecule has 1 saturated heterocycles. The number of benzene rings is 2. The molecule has 28 heavy (non-hydrogen) atoms. The number of imide groups is 1. The van der Waals surface area contributed by atoms with Crippen molar-refractivity contribution in [2.75, 3.05) is 39.3 Å². The molecule has 0 spiro atoms. The average Bonchev–Trinajstić information content (AvgIpc) is 2.97. The van der Waals surface area contributed by atoms with E-state index in [1.807, 2.05) is 4.90 Å². The minimum Gasteiger partial charge on any atom is -0.336 e. The van der Waals surface area contributed by atoms with Crippen LogP contribution in [-0.4, -0.2) is 71.7 Å². The van der Waals surface area contributed by atoms with E-state index < -0.39 is 0 Å². The second-order valence-corrected chi connectivity index (χ2v) is 7.39. The van der Waals surface area contributed by atoms with Crippen molar-refractivity contribution in [2.45, 2.75) is 0 Å². The Hall–Kier alpha value is -2.70. The van der Waals surface area contributed by atoms with Crippen molar-refractivity contribution in [3.63, 3.8) is 0 Å². The van der Waals surface area contributed by atoms with E-state index in [4.69, 9.17) is 11.6 Å². The molecule has 144 valence electrons. The van der Waals surface area contributed by atoms with E-state index in [1.54, 1.807) is 48.5 Å². The lowest BCUT2D eigenvalue weighted by molar-refractivity contribution is 0.0578. The zero-order valence-electron chi connectivity index (χ0n) is 15.3. The number of piperazine rings is 1. The molecular formula is C21H20ClN3O3. The number of carbonyl (C=O) groups is 3. The molecule has 1 fully saturated rings. The third-order valence-corrected chi connectivity index (χ3v) is 5.48. The molecule has 6 nitrogen and oxygen atoms in total. The first-order chi connectivity index (χ1) is 13.5. The minimum absolute atomic E-state index is 0.0255. The van der Waals surface area contributed by atoms with Crippen molar-refractivity contribution in [3.05, 3.63) is 70.2 Å². The molecule has 3 amide bonds. The highest BCUT2D eigenvalue weighted by Gasteiger charge is 2.35. The predicted molar refractivity (Wildman–Crippen MR) is 106 cm³/mol. The van der Waals surface area contributed by atoms with Gasteiger partial charge in [-0.3, -0.25) is 24.2 Å². The molecule has 0 radical (unpaired) electrons. The minimum atomic E-state index is -0.227. The summed E-state index contributed by atoms with van der Waals surface area (Å²) >= 11 is 5.97. The van der Waals surface area contributed by atoms with E-state index in [-0.39, 0.29) is 17.7 Å². The SMILES string of the molecule is O=C(c1cccc(Cl)c1)N1CCN(CCN2C(=O)c3ccccc3C2=O)CC1. The summed E-state index contributed by atoms with van der Waals surface area (Å²) in [4.78, 5) is 42.7. The molecule has 2 aliphatic rings. The van der Waals surface area contributed by atoms with Crippen LogP contribution in [0.2, 0.25) is 5.02 Å². The number of fused-ring (bicyclic) bond motifs is 1. The molecule has 7 heteroatoms. The van der Waals surface area contributed by atoms with Crippen LogP contribution >= 0.6 is 11.6 Å². The van der Waals surface area contributed by atoms with Gasteiger partial charge in [0, 0.05) is 49.9 Å². The Balaban J connectivity index is 1.30. The summed E-state index contributed by atoms with van der Waals surface area (Å²) in [5, 5.41) is 0.547. The van der Waals surface area contributed by atoms with Crippen LogP contribution in [0, 0.1) is 0 Å². The molecule has 0 atom stereocenters. The maximum atomic E-state index is 12.6. The third kappa shape index (κ3) is 3.53. The van der Waals surface area contributed by atoms with Gasteiger partial charge in [0.05, 0.1) is 11.1 Å². The molecule has 2 aliphatic heterocycles. The number of amides is 3. The summed E-state index contributed by atoms with van der Waals surface area (Å²) in [6, 6.07) is 13.9. The Morgan fingerprint density at radius 2 is 1.50 bits per heavy atom. The first-order valence-corrected chi connectivity index (χ1v) is 9.65. The summed E-state index contributed by atoms with van der Waals surface area (Å²) in [5.74, 6) is -0.478. The Morgan fingerprint density at radius 1 is 0.857 bits per heavy atom. The quantitative estimate of drug-likeness (QED) is 0.743. The van der Waals surface area contributed by atoms with Crippen LogP contribution in [0.4, 0.5) is 0 Å². The Bertz CT molecular complexity index is 903. The Morgan fingerprint density at radius 3 is 2.11 bits per heavy atom. The number of nitrogens with zero attached hydrogens (tertiary/aromatic N) is 3. The highest BCUT2D eigenvalue weighted by molar-refractivity contribution is 6.31. The molecule has 0 saturated carbocycles. The molecule has 0 aliphatic carbocycles. The Kier molecular flexibility index (Phi) is 5.15. The second kappa shape index (κ2) is 7.73. The molecule has 2 heterocycles. The molecule has 4 rings (SSSR count). The van der Waals surface area contributed by atoms with E-state index in [1.165, 1.54) is 4.90 Å². The smallest absolute Gasteiger partial charge is 0.261 e. The van der Waals surface area contributed by atoms with E-state index >= 15 is 0 Å². The number of hydrogen-bond acceptors (Lipinski definition) is 4. The fourth-order valence-corrected chi connectivity index (χ4v) is 3.85. The van der Waals surface area contributed by atoms with Gasteiger partial charge in [-0.15, -0.1) is 0 Å². The lowest BCUT2D eigenvalue weighted by Gasteiger charge is -2.35. The zero-order valence-corrected chi connectivity index (χ0v) is 16.1. The average molecular weight is 398 g/mol. The third-order valence-electron chi connectivity index (χ3n) is 5.25. The highest BCUT2D eigenvalue weighted by Crippen LogP contribution is 2.22. The predicted octanol–water partition coefficient (Wildman–Crippen LogP) is 2.39. The van der Waals surface area contributed by atoms with Crippen LogP contribution in [-0.2, 0) is 0 Å². The van der Waals surface area contributed by atoms with E-state index in [2.05, 4.69) is 4.90 Å². The van der Waals surface area contributed by atoms with Gasteiger partial charge in [-0.05, 0) is 30.3 Å². The lowest BCUT2D eigenvalue weighted by Crippen LogP contribution is -2.50. The van der Waals surface area contributed by atoms with Crippen molar-refractivity contribution in [3.8, 4) is 0 Å². The monoisotopic (exact) mass is 397 g/mol. The van der Waals surface area contributed by atoms with Gasteiger partial charge in [-0.25, -0.2) is 0 Å². The topological polar surface area (TPSA) is 60.9 Å². The fourth-order valence-electron chi connectivity index (χ4n) is 3.66. The van der Waals surface area contributed by atoms with Gasteiger partial charge in [-0.2, -0.15) is 0 Å². The number of carbonyl (C=O) groups excluding carboxylic acids is 3. The second-order valence-electron chi connectivity index (χ2n) is 6.95. The normalized spacial score (nSPS) is 17.2. The van der Waals surface area contributed by atoms with Crippen molar-refractivity contribution in [1.82, 2.24) is 14.7 Å². The summed E-state index contributed by atoms with van der Waals surface area (Å²) in [6.45, 7) is 3.57. The first-order valence-electron chi connectivity index (χ1n) is 9.27. The lowest BCUT2D eigenvalue weighted by atomic mass is 10.1. The van der Waals surface area contributed by atoms with Crippen LogP contribution in [0.3, 0.4) is 0 Å². The highest BCUT2D eigenvalue weighted by atomic mass is 35.5. The van der Waals surface area contributed by atoms with Crippen molar-refractivity contribution in [2.24, 2.45) is 0 Å². The summed E-state index contributed by atoms with van der Waals surface area (Å²) in [6.07, 6.45) is 0. The summed E-state index contributed by atoms with van der Waals surface area (Å²) in [7, 11) is 0. The largest absolute Gasteiger partial charge is 0.336 e. The maximum Gasteiger partial charge on any atom is 0.261 e.